The lowest BCUT2D eigenvalue weighted by Crippen LogP contribution is -2.12. The van der Waals surface area contributed by atoms with Gasteiger partial charge in [-0.05, 0) is 30.2 Å². The van der Waals surface area contributed by atoms with Crippen molar-refractivity contribution in [1.82, 2.24) is 4.98 Å². The first-order valence-electron chi connectivity index (χ1n) is 6.91. The van der Waals surface area contributed by atoms with Crippen LogP contribution in [0.15, 0.2) is 23.5 Å². The van der Waals surface area contributed by atoms with E-state index in [1.807, 2.05) is 6.07 Å². The summed E-state index contributed by atoms with van der Waals surface area (Å²) in [4.78, 5) is 14.2. The van der Waals surface area contributed by atoms with Gasteiger partial charge in [-0.2, -0.15) is 0 Å². The van der Waals surface area contributed by atoms with E-state index in [9.17, 15) is 4.91 Å². The number of pyridine rings is 1. The molecule has 4 heteroatoms. The van der Waals surface area contributed by atoms with Crippen LogP contribution in [0.4, 0.5) is 5.69 Å². The molecule has 0 atom stereocenters. The Morgan fingerprint density at radius 3 is 2.16 bits per heavy atom. The molecule has 0 amide bonds. The molecule has 4 nitrogen and oxygen atoms in total. The van der Waals surface area contributed by atoms with Crippen molar-refractivity contribution < 1.29 is 5.11 Å². The van der Waals surface area contributed by atoms with Crippen LogP contribution in [-0.4, -0.2) is 16.2 Å². The second kappa shape index (κ2) is 7.34. The highest BCUT2D eigenvalue weighted by Gasteiger charge is 2.14. The van der Waals surface area contributed by atoms with Gasteiger partial charge in [0, 0.05) is 11.1 Å². The van der Waals surface area contributed by atoms with Crippen LogP contribution in [0.25, 0.3) is 0 Å². The van der Waals surface area contributed by atoms with Crippen LogP contribution in [0.2, 0.25) is 0 Å². The monoisotopic (exact) mass is 264 g/mol. The minimum atomic E-state index is 0.0292. The van der Waals surface area contributed by atoms with Gasteiger partial charge in [-0.15, -0.1) is 4.91 Å². The summed E-state index contributed by atoms with van der Waals surface area (Å²) in [6, 6.07) is 3.51. The fourth-order valence-corrected chi connectivity index (χ4v) is 1.96. The summed E-state index contributed by atoms with van der Waals surface area (Å²) >= 11 is 0. The van der Waals surface area contributed by atoms with Crippen molar-refractivity contribution in [2.75, 3.05) is 0 Å². The lowest BCUT2D eigenvalue weighted by molar-refractivity contribution is 0.130. The quantitative estimate of drug-likeness (QED) is 0.777. The smallest absolute Gasteiger partial charge is 0.126 e. The first kappa shape index (κ1) is 15.8. The predicted molar refractivity (Wildman–Crippen MR) is 77.5 cm³/mol. The molecule has 0 aliphatic heterocycles. The minimum Gasteiger partial charge on any atom is -0.393 e. The number of hydrogen-bond acceptors (Lipinski definition) is 4. The molecule has 1 saturated carbocycles. The van der Waals surface area contributed by atoms with Gasteiger partial charge in [-0.25, -0.2) is 0 Å². The Kier molecular flexibility index (Phi) is 6.09. The van der Waals surface area contributed by atoms with Crippen molar-refractivity contribution >= 4 is 5.69 Å². The fourth-order valence-electron chi connectivity index (χ4n) is 1.96. The highest BCUT2D eigenvalue weighted by atomic mass is 16.3. The van der Waals surface area contributed by atoms with E-state index in [1.54, 1.807) is 6.07 Å². The highest BCUT2D eigenvalue weighted by molar-refractivity contribution is 5.34. The standard InChI is InChI=1S/C9H12N2O.C6H12O/c1-9(2,3)8-5-4-7(11-12)6-10-8;7-6-4-2-1-3-5-6/h4-6H,1-3H3;6-7H,1-5H2. The number of aliphatic hydroxyl groups excluding tert-OH is 1. The Labute approximate surface area is 115 Å². The van der Waals surface area contributed by atoms with Crippen LogP contribution in [0.3, 0.4) is 0 Å². The Hall–Kier alpha value is -1.29. The van der Waals surface area contributed by atoms with Gasteiger partial charge in [-0.3, -0.25) is 4.98 Å². The summed E-state index contributed by atoms with van der Waals surface area (Å²) in [6.07, 6.45) is 7.42. The van der Waals surface area contributed by atoms with Crippen molar-refractivity contribution in [3.05, 3.63) is 28.9 Å². The second-order valence-corrected chi connectivity index (χ2v) is 6.03. The van der Waals surface area contributed by atoms with Gasteiger partial charge < -0.3 is 5.11 Å². The largest absolute Gasteiger partial charge is 0.393 e. The first-order chi connectivity index (χ1) is 8.93. The van der Waals surface area contributed by atoms with Crippen LogP contribution in [0.5, 0.6) is 0 Å². The maximum Gasteiger partial charge on any atom is 0.126 e. The Morgan fingerprint density at radius 2 is 1.84 bits per heavy atom. The SMILES string of the molecule is CC(C)(C)c1ccc(N=O)cn1.OC1CCCCC1. The summed E-state index contributed by atoms with van der Waals surface area (Å²) in [5, 5.41) is 11.7. The van der Waals surface area contributed by atoms with Gasteiger partial charge in [-0.1, -0.05) is 40.0 Å². The normalized spacial score (nSPS) is 16.4. The number of nitroso groups, excluding NO2 is 1. The van der Waals surface area contributed by atoms with E-state index in [4.69, 9.17) is 5.11 Å². The van der Waals surface area contributed by atoms with E-state index in [1.165, 1.54) is 25.5 Å². The average molecular weight is 264 g/mol. The zero-order valence-electron chi connectivity index (χ0n) is 12.1. The third-order valence-corrected chi connectivity index (χ3v) is 3.20. The zero-order valence-corrected chi connectivity index (χ0v) is 12.1. The molecule has 0 saturated heterocycles. The number of hydrogen-bond donors (Lipinski definition) is 1. The highest BCUT2D eigenvalue weighted by Crippen LogP contribution is 2.21. The molecule has 0 radical (unpaired) electrons. The van der Waals surface area contributed by atoms with Crippen molar-refractivity contribution in [3.63, 3.8) is 0 Å². The second-order valence-electron chi connectivity index (χ2n) is 6.03. The molecule has 1 N–H and O–H groups in total. The number of aliphatic hydroxyl groups is 1. The van der Waals surface area contributed by atoms with Gasteiger partial charge in [0.25, 0.3) is 0 Å². The molecule has 1 fully saturated rings. The van der Waals surface area contributed by atoms with E-state index >= 15 is 0 Å². The molecule has 1 aliphatic rings. The Bertz CT molecular complexity index is 376. The third kappa shape index (κ3) is 5.92. The lowest BCUT2D eigenvalue weighted by atomic mass is 9.92. The lowest BCUT2D eigenvalue weighted by Gasteiger charge is -2.16. The molecule has 2 rings (SSSR count). The molecular weight excluding hydrogens is 240 g/mol. The molecule has 19 heavy (non-hydrogen) atoms. The molecule has 0 bridgehead atoms. The van der Waals surface area contributed by atoms with Crippen molar-refractivity contribution in [1.29, 1.82) is 0 Å². The molecule has 1 aliphatic carbocycles. The van der Waals surface area contributed by atoms with E-state index < -0.39 is 0 Å². The van der Waals surface area contributed by atoms with Gasteiger partial charge in [0.2, 0.25) is 0 Å². The summed E-state index contributed by atoms with van der Waals surface area (Å²) in [5.41, 5.74) is 1.37. The van der Waals surface area contributed by atoms with Crippen molar-refractivity contribution in [2.24, 2.45) is 5.18 Å². The molecule has 1 heterocycles. The average Bonchev–Trinajstić information content (AvgIpc) is 2.39. The molecule has 0 unspecified atom stereocenters. The molecule has 0 spiro atoms. The van der Waals surface area contributed by atoms with Crippen LogP contribution in [0.1, 0.15) is 58.6 Å². The summed E-state index contributed by atoms with van der Waals surface area (Å²) in [7, 11) is 0. The summed E-state index contributed by atoms with van der Waals surface area (Å²) < 4.78 is 0. The Balaban J connectivity index is 0.000000218. The van der Waals surface area contributed by atoms with E-state index in [2.05, 4.69) is 30.9 Å². The maximum atomic E-state index is 10.1. The predicted octanol–water partition coefficient (Wildman–Crippen LogP) is 4.09. The molecule has 106 valence electrons. The van der Waals surface area contributed by atoms with Crippen LogP contribution < -0.4 is 0 Å². The van der Waals surface area contributed by atoms with Gasteiger partial charge in [0.05, 0.1) is 12.3 Å². The summed E-state index contributed by atoms with van der Waals surface area (Å²) in [5.74, 6) is 0. The molecule has 1 aromatic heterocycles. The van der Waals surface area contributed by atoms with Gasteiger partial charge in [0.1, 0.15) is 5.69 Å². The topological polar surface area (TPSA) is 62.5 Å². The third-order valence-electron chi connectivity index (χ3n) is 3.20. The van der Waals surface area contributed by atoms with Gasteiger partial charge >= 0.3 is 0 Å². The maximum absolute atomic E-state index is 10.1. The van der Waals surface area contributed by atoms with Crippen LogP contribution >= 0.6 is 0 Å². The minimum absolute atomic E-state index is 0.0292. The fraction of sp³-hybridized carbons (Fsp3) is 0.667. The number of aromatic nitrogens is 1. The van der Waals surface area contributed by atoms with E-state index in [0.717, 1.165) is 18.5 Å². The van der Waals surface area contributed by atoms with E-state index in [0.29, 0.717) is 5.69 Å². The molecule has 0 aromatic carbocycles. The zero-order chi connectivity index (χ0) is 14.3. The first-order valence-corrected chi connectivity index (χ1v) is 6.91. The summed E-state index contributed by atoms with van der Waals surface area (Å²) in [6.45, 7) is 6.22. The van der Waals surface area contributed by atoms with Crippen LogP contribution in [0, 0.1) is 4.91 Å². The van der Waals surface area contributed by atoms with Gasteiger partial charge in [0.15, 0.2) is 0 Å². The number of rotatable bonds is 1. The van der Waals surface area contributed by atoms with E-state index in [-0.39, 0.29) is 11.5 Å². The number of nitrogens with zero attached hydrogens (tertiary/aromatic N) is 2. The molecular formula is C15H24N2O2. The van der Waals surface area contributed by atoms with Crippen molar-refractivity contribution in [3.8, 4) is 0 Å². The molecule has 1 aromatic rings. The van der Waals surface area contributed by atoms with Crippen LogP contribution in [-0.2, 0) is 5.41 Å². The van der Waals surface area contributed by atoms with Crippen molar-refractivity contribution in [2.45, 2.75) is 64.4 Å². The Morgan fingerprint density at radius 1 is 1.21 bits per heavy atom.